The maximum absolute atomic E-state index is 10.6. The third-order valence-electron chi connectivity index (χ3n) is 1.42. The first-order chi connectivity index (χ1) is 3.84. The summed E-state index contributed by atoms with van der Waals surface area (Å²) in [4.78, 5) is 0. The van der Waals surface area contributed by atoms with Crippen LogP contribution in [0.3, 0.4) is 0 Å². The van der Waals surface area contributed by atoms with E-state index in [4.69, 9.17) is 0 Å². The van der Waals surface area contributed by atoms with E-state index in [2.05, 4.69) is 0 Å². The summed E-state index contributed by atoms with van der Waals surface area (Å²) in [5.41, 5.74) is 0.560. The van der Waals surface area contributed by atoms with Crippen molar-refractivity contribution in [2.45, 2.75) is 18.9 Å². The van der Waals surface area contributed by atoms with E-state index < -0.39 is 6.10 Å². The van der Waals surface area contributed by atoms with Crippen LogP contribution in [0.4, 0.5) is 0 Å². The van der Waals surface area contributed by atoms with Gasteiger partial charge in [0.05, 0.1) is 0 Å². The molecular weight excluding hydrogens is 275 g/mol. The van der Waals surface area contributed by atoms with Gasteiger partial charge in [0.1, 0.15) is 0 Å². The Morgan fingerprint density at radius 1 is 1.50 bits per heavy atom. The molecule has 0 saturated carbocycles. The predicted molar refractivity (Wildman–Crippen MR) is 26.0 cm³/mol. The summed E-state index contributed by atoms with van der Waals surface area (Å²) in [6.45, 7) is -0.297. The van der Waals surface area contributed by atoms with Crippen LogP contribution in [0.25, 0.3) is 0 Å². The summed E-state index contributed by atoms with van der Waals surface area (Å²) in [5, 5.41) is 20.7. The minimum absolute atomic E-state index is 0. The molecule has 1 aliphatic rings. The van der Waals surface area contributed by atoms with Crippen molar-refractivity contribution in [3.63, 3.8) is 0 Å². The zero-order valence-electron chi connectivity index (χ0n) is 6.59. The molecule has 1 rings (SSSR count). The van der Waals surface area contributed by atoms with Crippen molar-refractivity contribution < 1.29 is 127 Å². The van der Waals surface area contributed by atoms with Crippen LogP contribution in [0.15, 0.2) is 11.6 Å². The van der Waals surface area contributed by atoms with Gasteiger partial charge < -0.3 is 10.2 Å². The average Bonchev–Trinajstić information content (AvgIpc) is 2.14. The Hall–Kier alpha value is 3.27. The minimum Gasteiger partial charge on any atom is -0.851 e. The molecule has 0 amide bonds. The van der Waals surface area contributed by atoms with Crippen molar-refractivity contribution >= 4 is 0 Å². The summed E-state index contributed by atoms with van der Waals surface area (Å²) in [5.74, 6) is 0. The van der Waals surface area contributed by atoms with Gasteiger partial charge in [-0.05, 0) is 6.42 Å². The van der Waals surface area contributed by atoms with Gasteiger partial charge in [-0.25, -0.2) is 0 Å². The molecule has 0 bridgehead atoms. The van der Waals surface area contributed by atoms with Crippen LogP contribution in [-0.4, -0.2) is 12.7 Å². The van der Waals surface area contributed by atoms with Gasteiger partial charge in [0.25, 0.3) is 0 Å². The van der Waals surface area contributed by atoms with E-state index in [1.165, 1.54) is 0 Å². The topological polar surface area (TPSA) is 46.1 Å². The summed E-state index contributed by atoms with van der Waals surface area (Å²) < 4.78 is 0. The van der Waals surface area contributed by atoms with E-state index >= 15 is 0 Å². The van der Waals surface area contributed by atoms with Crippen LogP contribution in [0.5, 0.6) is 0 Å². The Balaban J connectivity index is 0. The fourth-order valence-electron chi connectivity index (χ4n) is 0.889. The van der Waals surface area contributed by atoms with Crippen molar-refractivity contribution in [1.82, 2.24) is 0 Å². The molecule has 46 valence electrons. The largest absolute Gasteiger partial charge is 1.00 e. The van der Waals surface area contributed by atoms with Crippen molar-refractivity contribution in [3.05, 3.63) is 11.6 Å². The third kappa shape index (κ3) is 5.10. The van der Waals surface area contributed by atoms with E-state index in [-0.39, 0.29) is 123 Å². The molecular formula is C6H8O2Rb2. The fraction of sp³-hybridized carbons (Fsp3) is 0.667. The van der Waals surface area contributed by atoms with Crippen LogP contribution in [0.2, 0.25) is 0 Å². The zero-order valence-corrected chi connectivity index (χ0v) is 16.4. The first-order valence-electron chi connectivity index (χ1n) is 2.77. The molecule has 1 aliphatic carbocycles. The summed E-state index contributed by atoms with van der Waals surface area (Å²) in [6, 6.07) is 0. The quantitative estimate of drug-likeness (QED) is 0.449. The molecule has 0 spiro atoms. The molecule has 0 aromatic carbocycles. The zero-order chi connectivity index (χ0) is 5.98. The molecule has 0 aromatic heterocycles. The molecule has 1 atom stereocenters. The van der Waals surface area contributed by atoms with Crippen molar-refractivity contribution in [2.24, 2.45) is 0 Å². The number of hydrogen-bond donors (Lipinski definition) is 0. The first kappa shape index (κ1) is 15.7. The molecule has 0 aromatic rings. The maximum atomic E-state index is 10.6. The summed E-state index contributed by atoms with van der Waals surface area (Å²) >= 11 is 0. The third-order valence-corrected chi connectivity index (χ3v) is 1.42. The van der Waals surface area contributed by atoms with E-state index in [0.29, 0.717) is 12.0 Å². The van der Waals surface area contributed by atoms with Gasteiger partial charge in [0.15, 0.2) is 0 Å². The van der Waals surface area contributed by atoms with Crippen LogP contribution in [-0.2, 0) is 0 Å². The van der Waals surface area contributed by atoms with Gasteiger partial charge in [-0.3, -0.25) is 0 Å². The Bertz CT molecular complexity index is 114. The van der Waals surface area contributed by atoms with Gasteiger partial charge in [-0.15, -0.1) is 18.3 Å². The number of allylic oxidation sites excluding steroid dienone is 1. The summed E-state index contributed by atoms with van der Waals surface area (Å²) in [6.07, 6.45) is 2.54. The number of rotatable bonds is 1. The first-order valence-corrected chi connectivity index (χ1v) is 2.77. The molecule has 0 radical (unpaired) electrons. The van der Waals surface area contributed by atoms with Crippen LogP contribution < -0.4 is 127 Å². The Labute approximate surface area is 159 Å². The molecule has 0 fully saturated rings. The molecule has 10 heavy (non-hydrogen) atoms. The number of hydrogen-bond acceptors (Lipinski definition) is 2. The molecule has 0 aliphatic heterocycles. The second kappa shape index (κ2) is 8.85. The van der Waals surface area contributed by atoms with Crippen molar-refractivity contribution in [3.8, 4) is 0 Å². The smallest absolute Gasteiger partial charge is 0.851 e. The van der Waals surface area contributed by atoms with Gasteiger partial charge in [-0.1, -0.05) is 12.5 Å². The minimum atomic E-state index is -0.674. The monoisotopic (exact) mass is 282 g/mol. The van der Waals surface area contributed by atoms with Crippen LogP contribution in [0, 0.1) is 0 Å². The maximum Gasteiger partial charge on any atom is 1.00 e. The van der Waals surface area contributed by atoms with Crippen molar-refractivity contribution in [1.29, 1.82) is 0 Å². The van der Waals surface area contributed by atoms with E-state index in [9.17, 15) is 10.2 Å². The Kier molecular flexibility index (Phi) is 13.9. The molecule has 0 saturated heterocycles. The Morgan fingerprint density at radius 2 is 2.10 bits per heavy atom. The average molecular weight is 283 g/mol. The normalized spacial score (nSPS) is 22.6. The van der Waals surface area contributed by atoms with Crippen molar-refractivity contribution in [2.75, 3.05) is 6.61 Å². The van der Waals surface area contributed by atoms with Crippen LogP contribution >= 0.6 is 0 Å². The van der Waals surface area contributed by atoms with Gasteiger partial charge in [-0.2, -0.15) is 0 Å². The molecule has 0 heterocycles. The summed E-state index contributed by atoms with van der Waals surface area (Å²) in [7, 11) is 0. The standard InChI is InChI=1S/C6H8O2.2Rb/c7-4-5-2-1-3-6(5)8;;/h2,6H,1,3-4H2;;/q-2;2*+1. The van der Waals surface area contributed by atoms with Gasteiger partial charge >= 0.3 is 116 Å². The second-order valence-corrected chi connectivity index (χ2v) is 1.99. The van der Waals surface area contributed by atoms with Gasteiger partial charge in [0.2, 0.25) is 0 Å². The Morgan fingerprint density at radius 3 is 2.30 bits per heavy atom. The van der Waals surface area contributed by atoms with Gasteiger partial charge in [0, 0.05) is 0 Å². The van der Waals surface area contributed by atoms with Crippen LogP contribution in [0.1, 0.15) is 12.8 Å². The van der Waals surface area contributed by atoms with E-state index in [1.54, 1.807) is 6.08 Å². The fourth-order valence-corrected chi connectivity index (χ4v) is 0.889. The molecule has 4 heteroatoms. The molecule has 2 nitrogen and oxygen atoms in total. The second-order valence-electron chi connectivity index (χ2n) is 1.99. The predicted octanol–water partition coefficient (Wildman–Crippen LogP) is -7.20. The molecule has 1 unspecified atom stereocenters. The van der Waals surface area contributed by atoms with E-state index in [0.717, 1.165) is 6.42 Å². The van der Waals surface area contributed by atoms with E-state index in [1.807, 2.05) is 0 Å². The molecule has 0 N–H and O–H groups in total. The SMILES string of the molecule is [O-]CC1=CCCC1[O-].[Rb+].[Rb+].